The summed E-state index contributed by atoms with van der Waals surface area (Å²) in [5, 5.41) is 0. The molecule has 2 heterocycles. The second kappa shape index (κ2) is 10.1. The Labute approximate surface area is 210 Å². The zero-order valence-electron chi connectivity index (χ0n) is 21.3. The van der Waals surface area contributed by atoms with Crippen LogP contribution >= 0.6 is 0 Å². The number of amides is 3. The maximum atomic E-state index is 13.9. The number of urea groups is 1. The fraction of sp³-hybridized carbons (Fsp3) is 0.500. The lowest BCUT2D eigenvalue weighted by atomic mass is 9.89. The van der Waals surface area contributed by atoms with Gasteiger partial charge in [0.15, 0.2) is 0 Å². The van der Waals surface area contributed by atoms with Gasteiger partial charge in [0.05, 0.1) is 23.7 Å². The molecule has 0 radical (unpaired) electrons. The second-order valence-electron chi connectivity index (χ2n) is 9.77. The molecule has 2 saturated heterocycles. The van der Waals surface area contributed by atoms with Crippen molar-refractivity contribution < 1.29 is 22.8 Å². The molecule has 36 heavy (non-hydrogen) atoms. The minimum absolute atomic E-state index is 0.105. The molecule has 2 aromatic carbocycles. The normalized spacial score (nSPS) is 20.9. The molecule has 3 amide bonds. The van der Waals surface area contributed by atoms with Crippen LogP contribution < -0.4 is 0 Å². The van der Waals surface area contributed by atoms with Gasteiger partial charge in [-0.25, -0.2) is 4.79 Å². The molecule has 8 heteroatoms. The third-order valence-electron chi connectivity index (χ3n) is 7.77. The minimum atomic E-state index is -4.46. The third kappa shape index (κ3) is 4.82. The van der Waals surface area contributed by atoms with Gasteiger partial charge in [-0.15, -0.1) is 0 Å². The average Bonchev–Trinajstić information content (AvgIpc) is 3.26. The van der Waals surface area contributed by atoms with Crippen molar-refractivity contribution in [2.45, 2.75) is 70.8 Å². The largest absolute Gasteiger partial charge is 0.416 e. The van der Waals surface area contributed by atoms with Crippen molar-refractivity contribution in [1.82, 2.24) is 14.7 Å². The second-order valence-corrected chi connectivity index (χ2v) is 9.77. The molecule has 0 saturated carbocycles. The molecular formula is C28H34F3N3O2. The fourth-order valence-electron chi connectivity index (χ4n) is 5.59. The highest BCUT2D eigenvalue weighted by atomic mass is 19.4. The number of carbonyl (C=O) groups excluding carboxylic acids is 2. The van der Waals surface area contributed by atoms with Crippen molar-refractivity contribution in [3.05, 3.63) is 70.3 Å². The molecule has 5 nitrogen and oxygen atoms in total. The highest BCUT2D eigenvalue weighted by molar-refractivity contribution is 5.81. The van der Waals surface area contributed by atoms with Crippen LogP contribution in [0.25, 0.3) is 0 Å². The number of fused-ring (bicyclic) bond motifs is 1. The van der Waals surface area contributed by atoms with Crippen LogP contribution in [0.15, 0.2) is 42.5 Å². The summed E-state index contributed by atoms with van der Waals surface area (Å²) in [5.74, 6) is 0.115. The highest BCUT2D eigenvalue weighted by Gasteiger charge is 2.46. The van der Waals surface area contributed by atoms with Crippen molar-refractivity contribution in [3.8, 4) is 0 Å². The Balaban J connectivity index is 1.68. The van der Waals surface area contributed by atoms with Gasteiger partial charge in [-0.1, -0.05) is 44.2 Å². The maximum Gasteiger partial charge on any atom is 0.416 e. The monoisotopic (exact) mass is 501 g/mol. The number of hydrogen-bond donors (Lipinski definition) is 0. The van der Waals surface area contributed by atoms with Crippen molar-refractivity contribution in [3.63, 3.8) is 0 Å². The van der Waals surface area contributed by atoms with Crippen molar-refractivity contribution in [2.24, 2.45) is 0 Å². The van der Waals surface area contributed by atoms with Crippen LogP contribution in [-0.4, -0.2) is 52.8 Å². The summed E-state index contributed by atoms with van der Waals surface area (Å²) in [6.45, 7) is 6.49. The number of alkyl halides is 3. The molecule has 2 fully saturated rings. The summed E-state index contributed by atoms with van der Waals surface area (Å²) in [6.07, 6.45) is -2.05. The van der Waals surface area contributed by atoms with Gasteiger partial charge < -0.3 is 14.7 Å². The van der Waals surface area contributed by atoms with E-state index in [4.69, 9.17) is 0 Å². The lowest BCUT2D eigenvalue weighted by Crippen LogP contribution is -2.57. The van der Waals surface area contributed by atoms with Crippen LogP contribution in [0.2, 0.25) is 0 Å². The molecule has 2 aliphatic rings. The van der Waals surface area contributed by atoms with E-state index in [1.54, 1.807) is 20.0 Å². The summed E-state index contributed by atoms with van der Waals surface area (Å²) in [5.41, 5.74) is 2.50. The molecule has 1 unspecified atom stereocenters. The first-order chi connectivity index (χ1) is 17.1. The van der Waals surface area contributed by atoms with Gasteiger partial charge in [0, 0.05) is 26.6 Å². The van der Waals surface area contributed by atoms with Crippen molar-refractivity contribution >= 4 is 11.9 Å². The van der Waals surface area contributed by atoms with E-state index in [0.717, 1.165) is 23.6 Å². The first-order valence-electron chi connectivity index (χ1n) is 12.7. The SMILES string of the molecule is CCc1cc([C@@H](C)N(C)C(=O)N2CCN3C(=O)CC[C@H]3C2c2ccccc2CC)cc(C(F)(F)F)c1. The first-order valence-corrected chi connectivity index (χ1v) is 12.7. The quantitative estimate of drug-likeness (QED) is 0.505. The van der Waals surface area contributed by atoms with Gasteiger partial charge in [-0.2, -0.15) is 13.2 Å². The molecule has 0 spiro atoms. The number of carbonyl (C=O) groups is 2. The Morgan fingerprint density at radius 3 is 2.50 bits per heavy atom. The van der Waals surface area contributed by atoms with Crippen LogP contribution in [0.5, 0.6) is 0 Å². The smallest absolute Gasteiger partial charge is 0.335 e. The van der Waals surface area contributed by atoms with Gasteiger partial charge in [-0.3, -0.25) is 4.79 Å². The van der Waals surface area contributed by atoms with E-state index in [1.807, 2.05) is 34.9 Å². The van der Waals surface area contributed by atoms with Crippen LogP contribution in [0.4, 0.5) is 18.0 Å². The van der Waals surface area contributed by atoms with Gasteiger partial charge in [-0.05, 0) is 60.6 Å². The van der Waals surface area contributed by atoms with E-state index in [1.165, 1.54) is 11.0 Å². The zero-order valence-corrected chi connectivity index (χ0v) is 21.3. The van der Waals surface area contributed by atoms with Crippen LogP contribution in [0.1, 0.15) is 73.5 Å². The van der Waals surface area contributed by atoms with Crippen LogP contribution in [0, 0.1) is 0 Å². The molecule has 3 atom stereocenters. The minimum Gasteiger partial charge on any atom is -0.335 e. The number of nitrogens with zero attached hydrogens (tertiary/aromatic N) is 3. The van der Waals surface area contributed by atoms with Crippen LogP contribution in [-0.2, 0) is 23.8 Å². The predicted octanol–water partition coefficient (Wildman–Crippen LogP) is 5.99. The Morgan fingerprint density at radius 2 is 1.83 bits per heavy atom. The molecule has 2 aromatic rings. The lowest BCUT2D eigenvalue weighted by molar-refractivity contribution is -0.137. The Hall–Kier alpha value is -3.03. The topological polar surface area (TPSA) is 43.9 Å². The lowest BCUT2D eigenvalue weighted by Gasteiger charge is -2.47. The van der Waals surface area contributed by atoms with Crippen LogP contribution in [0.3, 0.4) is 0 Å². The summed E-state index contributed by atoms with van der Waals surface area (Å²) in [4.78, 5) is 31.7. The van der Waals surface area contributed by atoms with Crippen molar-refractivity contribution in [1.29, 1.82) is 0 Å². The van der Waals surface area contributed by atoms with E-state index < -0.39 is 17.8 Å². The highest BCUT2D eigenvalue weighted by Crippen LogP contribution is 2.40. The number of aryl methyl sites for hydroxylation is 2. The summed E-state index contributed by atoms with van der Waals surface area (Å²) >= 11 is 0. The molecule has 194 valence electrons. The number of halogens is 3. The number of benzene rings is 2. The molecule has 2 aliphatic heterocycles. The molecule has 0 N–H and O–H groups in total. The Morgan fingerprint density at radius 1 is 1.11 bits per heavy atom. The molecule has 4 rings (SSSR count). The molecule has 0 aromatic heterocycles. The van der Waals surface area contributed by atoms with Gasteiger partial charge in [0.25, 0.3) is 0 Å². The van der Waals surface area contributed by atoms with E-state index in [0.29, 0.717) is 43.5 Å². The Bertz CT molecular complexity index is 1130. The van der Waals surface area contributed by atoms with Gasteiger partial charge in [0.1, 0.15) is 0 Å². The molecule has 0 bridgehead atoms. The number of rotatable bonds is 5. The first kappa shape index (κ1) is 26.0. The summed E-state index contributed by atoms with van der Waals surface area (Å²) < 4.78 is 40.6. The third-order valence-corrected chi connectivity index (χ3v) is 7.77. The maximum absolute atomic E-state index is 13.9. The van der Waals surface area contributed by atoms with E-state index in [9.17, 15) is 22.8 Å². The summed E-state index contributed by atoms with van der Waals surface area (Å²) in [6, 6.07) is 10.9. The predicted molar refractivity (Wildman–Crippen MR) is 132 cm³/mol. The number of hydrogen-bond acceptors (Lipinski definition) is 2. The standard InChI is InChI=1S/C28H34F3N3O2/c1-5-19-15-21(17-22(16-19)28(29,30)31)18(3)32(4)27(36)34-14-13-33-24(11-12-25(33)35)26(34)23-10-8-7-9-20(23)6-2/h7-10,15-18,24,26H,5-6,11-14H2,1-4H3/t18-,24+,26?/m1/s1. The van der Waals surface area contributed by atoms with E-state index >= 15 is 0 Å². The van der Waals surface area contributed by atoms with Gasteiger partial charge in [0.2, 0.25) is 5.91 Å². The summed E-state index contributed by atoms with van der Waals surface area (Å²) in [7, 11) is 1.65. The molecular weight excluding hydrogens is 467 g/mol. The van der Waals surface area contributed by atoms with E-state index in [2.05, 4.69) is 13.0 Å². The average molecular weight is 502 g/mol. The zero-order chi connectivity index (χ0) is 26.2. The Kier molecular flexibility index (Phi) is 7.34. The van der Waals surface area contributed by atoms with Gasteiger partial charge >= 0.3 is 12.2 Å². The number of piperazine rings is 1. The van der Waals surface area contributed by atoms with Crippen molar-refractivity contribution in [2.75, 3.05) is 20.1 Å². The van der Waals surface area contributed by atoms with E-state index in [-0.39, 0.29) is 24.0 Å². The fourth-order valence-corrected chi connectivity index (χ4v) is 5.59. The molecule has 0 aliphatic carbocycles.